The van der Waals surface area contributed by atoms with Gasteiger partial charge in [-0.25, -0.2) is 0 Å². The molecular weight excluding hydrogens is 304 g/mol. The second-order valence-corrected chi connectivity index (χ2v) is 7.38. The monoisotopic (exact) mass is 334 g/mol. The molecule has 2 N–H and O–H groups in total. The number of rotatable bonds is 5. The molecule has 0 unspecified atom stereocenters. The molecule has 0 fully saturated rings. The minimum Gasteiger partial charge on any atom is -0.378 e. The molecule has 1 atom stereocenters. The van der Waals surface area contributed by atoms with Crippen molar-refractivity contribution in [3.8, 4) is 0 Å². The number of nitrogens with one attached hydrogen (secondary N) is 2. The Bertz CT molecular complexity index is 559. The summed E-state index contributed by atoms with van der Waals surface area (Å²) in [5, 5.41) is 5.38. The normalized spacial score (nSPS) is 12.7. The predicted octanol–water partition coefficient (Wildman–Crippen LogP) is 1.39. The van der Waals surface area contributed by atoms with Crippen LogP contribution in [-0.2, 0) is 9.59 Å². The van der Waals surface area contributed by atoms with E-state index in [0.717, 1.165) is 11.3 Å². The molecule has 0 radical (unpaired) electrons. The van der Waals surface area contributed by atoms with Crippen molar-refractivity contribution in [2.24, 2.45) is 0 Å². The van der Waals surface area contributed by atoms with Gasteiger partial charge in [0.15, 0.2) is 0 Å². The summed E-state index contributed by atoms with van der Waals surface area (Å²) in [4.78, 5) is 27.9. The van der Waals surface area contributed by atoms with Gasteiger partial charge in [0, 0.05) is 31.9 Å². The molecule has 1 aromatic rings. The third-order valence-electron chi connectivity index (χ3n) is 3.57. The van der Waals surface area contributed by atoms with Gasteiger partial charge in [-0.05, 0) is 52.6 Å². The molecule has 0 aliphatic carbocycles. The lowest BCUT2D eigenvalue weighted by molar-refractivity contribution is -0.140. The van der Waals surface area contributed by atoms with E-state index in [2.05, 4.69) is 10.6 Å². The Labute approximate surface area is 145 Å². The second-order valence-electron chi connectivity index (χ2n) is 7.38. The predicted molar refractivity (Wildman–Crippen MR) is 98.1 cm³/mol. The molecule has 6 heteroatoms. The summed E-state index contributed by atoms with van der Waals surface area (Å²) in [7, 11) is 7.89. The maximum atomic E-state index is 12.0. The van der Waals surface area contributed by atoms with Gasteiger partial charge in [0.2, 0.25) is 0 Å². The summed E-state index contributed by atoms with van der Waals surface area (Å²) in [6.07, 6.45) is 0. The first-order chi connectivity index (χ1) is 11.0. The Morgan fingerprint density at radius 3 is 1.96 bits per heavy atom. The van der Waals surface area contributed by atoms with Crippen LogP contribution in [0.25, 0.3) is 0 Å². The standard InChI is InChI=1S/C18H30N4O2/c1-18(2,3)20-17(24)16(23)19-12-15(22(6)7)13-8-10-14(11-9-13)21(4)5/h8-11,15H,12H2,1-7H3,(H,19,23)(H,20,24)/t15-/m1/s1. The maximum Gasteiger partial charge on any atom is 0.309 e. The Kier molecular flexibility index (Phi) is 6.78. The Balaban J connectivity index is 2.73. The molecule has 0 spiro atoms. The van der Waals surface area contributed by atoms with Crippen molar-refractivity contribution in [1.82, 2.24) is 15.5 Å². The molecule has 134 valence electrons. The van der Waals surface area contributed by atoms with Crippen LogP contribution < -0.4 is 15.5 Å². The smallest absolute Gasteiger partial charge is 0.309 e. The molecule has 1 rings (SSSR count). The molecule has 0 aliphatic rings. The number of carbonyl (C=O) groups is 2. The number of anilines is 1. The maximum absolute atomic E-state index is 12.0. The minimum absolute atomic E-state index is 0.00685. The fourth-order valence-electron chi connectivity index (χ4n) is 2.26. The minimum atomic E-state index is -0.610. The Morgan fingerprint density at radius 1 is 1.00 bits per heavy atom. The van der Waals surface area contributed by atoms with Gasteiger partial charge in [-0.1, -0.05) is 12.1 Å². The van der Waals surface area contributed by atoms with Crippen LogP contribution in [0.4, 0.5) is 5.69 Å². The van der Waals surface area contributed by atoms with Crippen molar-refractivity contribution in [2.45, 2.75) is 32.4 Å². The first kappa shape index (κ1) is 20.0. The van der Waals surface area contributed by atoms with E-state index >= 15 is 0 Å². The SMILES string of the molecule is CN(C)c1ccc([C@@H](CNC(=O)C(=O)NC(C)(C)C)N(C)C)cc1. The van der Waals surface area contributed by atoms with E-state index in [0.29, 0.717) is 6.54 Å². The number of hydrogen-bond donors (Lipinski definition) is 2. The zero-order valence-electron chi connectivity index (χ0n) is 15.8. The summed E-state index contributed by atoms with van der Waals surface area (Å²) in [5.41, 5.74) is 1.77. The van der Waals surface area contributed by atoms with Crippen LogP contribution in [0.1, 0.15) is 32.4 Å². The summed E-state index contributed by atoms with van der Waals surface area (Å²) in [5.74, 6) is -1.22. The van der Waals surface area contributed by atoms with Crippen molar-refractivity contribution in [1.29, 1.82) is 0 Å². The fourth-order valence-corrected chi connectivity index (χ4v) is 2.26. The lowest BCUT2D eigenvalue weighted by Crippen LogP contribution is -2.49. The van der Waals surface area contributed by atoms with Crippen molar-refractivity contribution in [2.75, 3.05) is 39.6 Å². The highest BCUT2D eigenvalue weighted by Crippen LogP contribution is 2.20. The lowest BCUT2D eigenvalue weighted by Gasteiger charge is -2.26. The van der Waals surface area contributed by atoms with Crippen LogP contribution >= 0.6 is 0 Å². The van der Waals surface area contributed by atoms with Crippen LogP contribution in [-0.4, -0.2) is 57.0 Å². The van der Waals surface area contributed by atoms with Gasteiger partial charge < -0.3 is 20.4 Å². The Hall–Kier alpha value is -2.08. The van der Waals surface area contributed by atoms with E-state index in [1.54, 1.807) is 0 Å². The average molecular weight is 334 g/mol. The lowest BCUT2D eigenvalue weighted by atomic mass is 10.1. The van der Waals surface area contributed by atoms with Crippen molar-refractivity contribution in [3.63, 3.8) is 0 Å². The van der Waals surface area contributed by atoms with Gasteiger partial charge in [0.1, 0.15) is 0 Å². The number of amides is 2. The molecule has 0 saturated carbocycles. The quantitative estimate of drug-likeness (QED) is 0.799. The molecule has 0 aromatic heterocycles. The van der Waals surface area contributed by atoms with E-state index in [1.165, 1.54) is 0 Å². The number of carbonyl (C=O) groups excluding carboxylic acids is 2. The number of benzene rings is 1. The van der Waals surface area contributed by atoms with Crippen molar-refractivity contribution >= 4 is 17.5 Å². The number of hydrogen-bond acceptors (Lipinski definition) is 4. The number of likely N-dealkylation sites (N-methyl/N-ethyl adjacent to an activating group) is 1. The van der Waals surface area contributed by atoms with Crippen LogP contribution in [0.3, 0.4) is 0 Å². The summed E-state index contributed by atoms with van der Waals surface area (Å²) >= 11 is 0. The summed E-state index contributed by atoms with van der Waals surface area (Å²) < 4.78 is 0. The highest BCUT2D eigenvalue weighted by atomic mass is 16.2. The van der Waals surface area contributed by atoms with Gasteiger partial charge in [-0.2, -0.15) is 0 Å². The van der Waals surface area contributed by atoms with Crippen molar-refractivity contribution in [3.05, 3.63) is 29.8 Å². The second kappa shape index (κ2) is 8.15. The average Bonchev–Trinajstić information content (AvgIpc) is 2.45. The molecular formula is C18H30N4O2. The van der Waals surface area contributed by atoms with Crippen LogP contribution in [0.15, 0.2) is 24.3 Å². The molecule has 0 bridgehead atoms. The van der Waals surface area contributed by atoms with E-state index < -0.39 is 17.4 Å². The molecule has 1 aromatic carbocycles. The van der Waals surface area contributed by atoms with E-state index in [1.807, 2.05) is 83.0 Å². The number of nitrogens with zero attached hydrogens (tertiary/aromatic N) is 2. The zero-order valence-corrected chi connectivity index (χ0v) is 15.8. The van der Waals surface area contributed by atoms with E-state index in [4.69, 9.17) is 0 Å². The topological polar surface area (TPSA) is 64.7 Å². The fraction of sp³-hybridized carbons (Fsp3) is 0.556. The molecule has 0 saturated heterocycles. The first-order valence-corrected chi connectivity index (χ1v) is 8.05. The third kappa shape index (κ3) is 6.20. The van der Waals surface area contributed by atoms with Gasteiger partial charge >= 0.3 is 11.8 Å². The van der Waals surface area contributed by atoms with Gasteiger partial charge in [0.05, 0.1) is 6.04 Å². The summed E-state index contributed by atoms with van der Waals surface area (Å²) in [6.45, 7) is 5.89. The molecule has 0 heterocycles. The van der Waals surface area contributed by atoms with Gasteiger partial charge in [-0.3, -0.25) is 9.59 Å². The van der Waals surface area contributed by atoms with Crippen LogP contribution in [0, 0.1) is 0 Å². The molecule has 0 aliphatic heterocycles. The van der Waals surface area contributed by atoms with Crippen LogP contribution in [0.5, 0.6) is 0 Å². The highest BCUT2D eigenvalue weighted by molar-refractivity contribution is 6.35. The van der Waals surface area contributed by atoms with E-state index in [9.17, 15) is 9.59 Å². The molecule has 2 amide bonds. The first-order valence-electron chi connectivity index (χ1n) is 8.05. The third-order valence-corrected chi connectivity index (χ3v) is 3.57. The van der Waals surface area contributed by atoms with Crippen LogP contribution in [0.2, 0.25) is 0 Å². The zero-order chi connectivity index (χ0) is 18.5. The van der Waals surface area contributed by atoms with Gasteiger partial charge in [0.25, 0.3) is 0 Å². The molecule has 24 heavy (non-hydrogen) atoms. The molecule has 6 nitrogen and oxygen atoms in total. The van der Waals surface area contributed by atoms with Crippen molar-refractivity contribution < 1.29 is 9.59 Å². The largest absolute Gasteiger partial charge is 0.378 e. The van der Waals surface area contributed by atoms with Gasteiger partial charge in [-0.15, -0.1) is 0 Å². The highest BCUT2D eigenvalue weighted by Gasteiger charge is 2.22. The van der Waals surface area contributed by atoms with E-state index in [-0.39, 0.29) is 6.04 Å². The Morgan fingerprint density at radius 2 is 1.54 bits per heavy atom. The summed E-state index contributed by atoms with van der Waals surface area (Å²) in [6, 6.07) is 8.16.